The first-order valence-electron chi connectivity index (χ1n) is 5.55. The topological polar surface area (TPSA) is 86.6 Å². The number of carbonyl (C=O) groups excluding carboxylic acids is 2. The zero-order chi connectivity index (χ0) is 13.4. The van der Waals surface area contributed by atoms with Gasteiger partial charge >= 0.3 is 0 Å². The monoisotopic (exact) mass is 263 g/mol. The van der Waals surface area contributed by atoms with Gasteiger partial charge in [0, 0.05) is 5.75 Å². The molecule has 3 N–H and O–H groups in total. The number of amides is 1. The van der Waals surface area contributed by atoms with Crippen molar-refractivity contribution in [3.63, 3.8) is 0 Å². The molecule has 0 rings (SSSR count). The van der Waals surface area contributed by atoms with Crippen LogP contribution in [-0.2, 0) is 9.59 Å². The molecular formula is C11H21NO4S. The van der Waals surface area contributed by atoms with Gasteiger partial charge in [-0.1, -0.05) is 13.8 Å². The van der Waals surface area contributed by atoms with Crippen molar-refractivity contribution in [3.05, 3.63) is 0 Å². The Morgan fingerprint density at radius 1 is 1.35 bits per heavy atom. The fourth-order valence-corrected chi connectivity index (χ4v) is 2.06. The van der Waals surface area contributed by atoms with Gasteiger partial charge in [0.25, 0.3) is 0 Å². The van der Waals surface area contributed by atoms with Crippen LogP contribution >= 0.6 is 11.8 Å². The molecule has 0 aliphatic heterocycles. The summed E-state index contributed by atoms with van der Waals surface area (Å²) < 4.78 is 0. The van der Waals surface area contributed by atoms with Gasteiger partial charge in [0.05, 0.1) is 24.5 Å². The Hall–Kier alpha value is -0.590. The number of ketones is 1. The lowest BCUT2D eigenvalue weighted by atomic mass is 10.0. The largest absolute Gasteiger partial charge is 0.394 e. The number of hydrogen-bond acceptors (Lipinski definition) is 5. The van der Waals surface area contributed by atoms with Gasteiger partial charge in [0.1, 0.15) is 0 Å². The molecule has 0 saturated carbocycles. The first kappa shape index (κ1) is 16.4. The second-order valence-corrected chi connectivity index (χ2v) is 5.28. The number of aliphatic hydroxyl groups is 2. The standard InChI is InChI=1S/C11H21NO4S/c1-7(2)11(8(3)14)12-10(16)6-17-5-9(15)4-13/h7,9,11,13,15H,4-6H2,1-3H3,(H,12,16). The van der Waals surface area contributed by atoms with Crippen molar-refractivity contribution in [2.45, 2.75) is 32.9 Å². The molecule has 0 fully saturated rings. The van der Waals surface area contributed by atoms with E-state index in [1.807, 2.05) is 13.8 Å². The maximum atomic E-state index is 11.5. The van der Waals surface area contributed by atoms with Crippen molar-refractivity contribution in [1.29, 1.82) is 0 Å². The highest BCUT2D eigenvalue weighted by Gasteiger charge is 2.20. The number of rotatable bonds is 8. The minimum Gasteiger partial charge on any atom is -0.394 e. The van der Waals surface area contributed by atoms with Crippen LogP contribution in [0, 0.1) is 5.92 Å². The molecule has 0 aromatic rings. The predicted octanol–water partition coefficient (Wildman–Crippen LogP) is -0.197. The van der Waals surface area contributed by atoms with E-state index in [0.29, 0.717) is 5.75 Å². The van der Waals surface area contributed by atoms with E-state index in [9.17, 15) is 9.59 Å². The quantitative estimate of drug-likeness (QED) is 0.565. The number of aliphatic hydroxyl groups excluding tert-OH is 2. The van der Waals surface area contributed by atoms with Crippen LogP contribution in [-0.4, -0.2) is 52.2 Å². The third-order valence-corrected chi connectivity index (χ3v) is 3.26. The van der Waals surface area contributed by atoms with Gasteiger partial charge in [-0.2, -0.15) is 0 Å². The Labute approximate surface area is 106 Å². The molecule has 0 aromatic heterocycles. The molecule has 5 nitrogen and oxygen atoms in total. The van der Waals surface area contributed by atoms with Gasteiger partial charge < -0.3 is 15.5 Å². The van der Waals surface area contributed by atoms with Crippen LogP contribution in [0.1, 0.15) is 20.8 Å². The SMILES string of the molecule is CC(=O)C(NC(=O)CSCC(O)CO)C(C)C. The normalized spacial score (nSPS) is 14.5. The molecule has 0 aromatic carbocycles. The van der Waals surface area contributed by atoms with Gasteiger partial charge in [-0.3, -0.25) is 9.59 Å². The highest BCUT2D eigenvalue weighted by molar-refractivity contribution is 7.99. The van der Waals surface area contributed by atoms with Crippen molar-refractivity contribution in [2.24, 2.45) is 5.92 Å². The summed E-state index contributed by atoms with van der Waals surface area (Å²) in [6.07, 6.45) is -0.804. The summed E-state index contributed by atoms with van der Waals surface area (Å²) in [6, 6.07) is -0.453. The van der Waals surface area contributed by atoms with E-state index in [2.05, 4.69) is 5.32 Å². The molecule has 0 saturated heterocycles. The number of Topliss-reactive ketones (excluding diaryl/α,β-unsaturated/α-hetero) is 1. The van der Waals surface area contributed by atoms with Crippen molar-refractivity contribution in [1.82, 2.24) is 5.32 Å². The van der Waals surface area contributed by atoms with E-state index in [1.54, 1.807) is 0 Å². The highest BCUT2D eigenvalue weighted by atomic mass is 32.2. The van der Waals surface area contributed by atoms with E-state index < -0.39 is 12.1 Å². The maximum absolute atomic E-state index is 11.5. The molecule has 0 heterocycles. The summed E-state index contributed by atoms with van der Waals surface area (Å²) in [7, 11) is 0. The zero-order valence-corrected chi connectivity index (χ0v) is 11.3. The molecule has 0 bridgehead atoms. The van der Waals surface area contributed by atoms with E-state index in [-0.39, 0.29) is 30.0 Å². The summed E-state index contributed by atoms with van der Waals surface area (Å²) in [5, 5.41) is 20.3. The fraction of sp³-hybridized carbons (Fsp3) is 0.818. The predicted molar refractivity (Wildman–Crippen MR) is 67.9 cm³/mol. The second kappa shape index (κ2) is 8.49. The van der Waals surface area contributed by atoms with Crippen LogP contribution in [0.5, 0.6) is 0 Å². The van der Waals surface area contributed by atoms with Crippen LogP contribution in [0.4, 0.5) is 0 Å². The van der Waals surface area contributed by atoms with Crippen molar-refractivity contribution in [2.75, 3.05) is 18.1 Å². The van der Waals surface area contributed by atoms with Crippen molar-refractivity contribution < 1.29 is 19.8 Å². The lowest BCUT2D eigenvalue weighted by molar-refractivity contribution is -0.126. The maximum Gasteiger partial charge on any atom is 0.230 e. The third-order valence-electron chi connectivity index (χ3n) is 2.18. The van der Waals surface area contributed by atoms with E-state index in [1.165, 1.54) is 18.7 Å². The first-order chi connectivity index (χ1) is 7.88. The van der Waals surface area contributed by atoms with E-state index >= 15 is 0 Å². The highest BCUT2D eigenvalue weighted by Crippen LogP contribution is 2.05. The number of carbonyl (C=O) groups is 2. The molecule has 1 amide bonds. The number of nitrogens with one attached hydrogen (secondary N) is 1. The summed E-state index contributed by atoms with van der Waals surface area (Å²) in [4.78, 5) is 22.8. The van der Waals surface area contributed by atoms with Crippen LogP contribution in [0.15, 0.2) is 0 Å². The minimum atomic E-state index is -0.804. The summed E-state index contributed by atoms with van der Waals surface area (Å²) in [6.45, 7) is 4.88. The summed E-state index contributed by atoms with van der Waals surface area (Å²) in [5.41, 5.74) is 0. The van der Waals surface area contributed by atoms with Gasteiger partial charge in [-0.05, 0) is 12.8 Å². The Morgan fingerprint density at radius 3 is 2.35 bits per heavy atom. The molecule has 100 valence electrons. The van der Waals surface area contributed by atoms with E-state index in [4.69, 9.17) is 10.2 Å². The lowest BCUT2D eigenvalue weighted by Gasteiger charge is -2.19. The van der Waals surface area contributed by atoms with Gasteiger partial charge in [0.15, 0.2) is 5.78 Å². The van der Waals surface area contributed by atoms with Crippen molar-refractivity contribution >= 4 is 23.5 Å². The van der Waals surface area contributed by atoms with Crippen LogP contribution < -0.4 is 5.32 Å². The molecule has 0 aliphatic carbocycles. The Balaban J connectivity index is 3.95. The van der Waals surface area contributed by atoms with Gasteiger partial charge in [-0.25, -0.2) is 0 Å². The smallest absolute Gasteiger partial charge is 0.230 e. The Morgan fingerprint density at radius 2 is 1.94 bits per heavy atom. The average Bonchev–Trinajstić information content (AvgIpc) is 2.24. The van der Waals surface area contributed by atoms with Crippen LogP contribution in [0.25, 0.3) is 0 Å². The fourth-order valence-electron chi connectivity index (χ4n) is 1.29. The third kappa shape index (κ3) is 7.36. The van der Waals surface area contributed by atoms with Crippen molar-refractivity contribution in [3.8, 4) is 0 Å². The lowest BCUT2D eigenvalue weighted by Crippen LogP contribution is -2.44. The molecule has 6 heteroatoms. The molecular weight excluding hydrogens is 242 g/mol. The molecule has 0 aliphatic rings. The summed E-state index contributed by atoms with van der Waals surface area (Å²) >= 11 is 1.23. The van der Waals surface area contributed by atoms with Crippen LogP contribution in [0.3, 0.4) is 0 Å². The molecule has 0 spiro atoms. The summed E-state index contributed by atoms with van der Waals surface area (Å²) in [5.74, 6) is 0.247. The Kier molecular flexibility index (Phi) is 8.20. The molecule has 2 atom stereocenters. The average molecular weight is 263 g/mol. The van der Waals surface area contributed by atoms with Crippen LogP contribution in [0.2, 0.25) is 0 Å². The Bertz CT molecular complexity index is 258. The second-order valence-electron chi connectivity index (χ2n) is 4.25. The van der Waals surface area contributed by atoms with Gasteiger partial charge in [-0.15, -0.1) is 11.8 Å². The van der Waals surface area contributed by atoms with Gasteiger partial charge in [0.2, 0.25) is 5.91 Å². The molecule has 0 radical (unpaired) electrons. The molecule has 2 unspecified atom stereocenters. The number of thioether (sulfide) groups is 1. The zero-order valence-electron chi connectivity index (χ0n) is 10.5. The number of hydrogen-bond donors (Lipinski definition) is 3. The minimum absolute atomic E-state index is 0.0597. The van der Waals surface area contributed by atoms with E-state index in [0.717, 1.165) is 0 Å². The molecule has 17 heavy (non-hydrogen) atoms. The first-order valence-corrected chi connectivity index (χ1v) is 6.70.